The number of pyridine rings is 1. The molecule has 1 saturated carbocycles. The lowest BCUT2D eigenvalue weighted by molar-refractivity contribution is 0.0846. The molecule has 0 N–H and O–H groups in total. The number of rotatable bonds is 6. The Kier molecular flexibility index (Phi) is 4.75. The third kappa shape index (κ3) is 3.74. The Balaban J connectivity index is 1.42. The number of carbonyl (C=O) groups is 1. The first-order chi connectivity index (χ1) is 14.2. The zero-order valence-corrected chi connectivity index (χ0v) is 16.5. The lowest BCUT2D eigenvalue weighted by atomic mass is 9.97. The molecule has 1 aliphatic heterocycles. The molecule has 4 heterocycles. The van der Waals surface area contributed by atoms with Crippen LogP contribution in [0.5, 0.6) is 5.88 Å². The summed E-state index contributed by atoms with van der Waals surface area (Å²) < 4.78 is 12.8. The third-order valence-corrected chi connectivity index (χ3v) is 5.70. The largest absolute Gasteiger partial charge is 0.478 e. The van der Waals surface area contributed by atoms with Gasteiger partial charge in [-0.3, -0.25) is 4.79 Å². The Morgan fingerprint density at radius 2 is 1.86 bits per heavy atom. The van der Waals surface area contributed by atoms with E-state index in [0.717, 1.165) is 50.3 Å². The van der Waals surface area contributed by atoms with Gasteiger partial charge in [0.2, 0.25) is 5.65 Å². The maximum Gasteiger partial charge on any atom is 0.258 e. The fraction of sp³-hybridized carbons (Fsp3) is 0.455. The van der Waals surface area contributed by atoms with E-state index in [1.807, 2.05) is 28.9 Å². The van der Waals surface area contributed by atoms with Crippen LogP contribution in [0, 0.1) is 0 Å². The zero-order chi connectivity index (χ0) is 19.8. The molecule has 7 nitrogen and oxygen atoms in total. The van der Waals surface area contributed by atoms with Crippen LogP contribution in [0.4, 0.5) is 0 Å². The highest BCUT2D eigenvalue weighted by molar-refractivity contribution is 5.95. The number of hydrogen-bond acceptors (Lipinski definition) is 6. The van der Waals surface area contributed by atoms with Crippen LogP contribution in [0.2, 0.25) is 0 Å². The molecule has 0 unspecified atom stereocenters. The maximum atomic E-state index is 12.8. The third-order valence-electron chi connectivity index (χ3n) is 5.70. The summed E-state index contributed by atoms with van der Waals surface area (Å²) in [5.74, 6) is 1.30. The van der Waals surface area contributed by atoms with Gasteiger partial charge in [-0.05, 0) is 37.8 Å². The number of Topliss-reactive ketones (excluding diaryl/α,β-unsaturated/α-hetero) is 1. The summed E-state index contributed by atoms with van der Waals surface area (Å²) >= 11 is 0. The number of carbonyl (C=O) groups excluding carboxylic acids is 1. The van der Waals surface area contributed by atoms with Crippen LogP contribution >= 0.6 is 0 Å². The fourth-order valence-electron chi connectivity index (χ4n) is 3.92. The second kappa shape index (κ2) is 7.55. The van der Waals surface area contributed by atoms with Gasteiger partial charge in [0.15, 0.2) is 5.78 Å². The van der Waals surface area contributed by atoms with Gasteiger partial charge < -0.3 is 13.9 Å². The van der Waals surface area contributed by atoms with Gasteiger partial charge >= 0.3 is 0 Å². The average molecular weight is 392 g/mol. The van der Waals surface area contributed by atoms with Crippen LogP contribution in [0.3, 0.4) is 0 Å². The zero-order valence-electron chi connectivity index (χ0n) is 16.5. The Hall–Kier alpha value is -2.80. The summed E-state index contributed by atoms with van der Waals surface area (Å²) in [6, 6.07) is 5.71. The number of aromatic nitrogens is 4. The second-order valence-corrected chi connectivity index (χ2v) is 7.85. The SMILES string of the molecule is COc1nc(CC(=O)c2cccc(C3CC3)n2)cn2cc(C3CCOCC3)nc12. The molecule has 0 aromatic carbocycles. The smallest absolute Gasteiger partial charge is 0.258 e. The predicted octanol–water partition coefficient (Wildman–Crippen LogP) is 3.33. The molecule has 2 fully saturated rings. The van der Waals surface area contributed by atoms with E-state index in [1.165, 1.54) is 0 Å². The first kappa shape index (κ1) is 18.2. The predicted molar refractivity (Wildman–Crippen MR) is 107 cm³/mol. The summed E-state index contributed by atoms with van der Waals surface area (Å²) in [5, 5.41) is 0. The first-order valence-corrected chi connectivity index (χ1v) is 10.2. The molecule has 3 aromatic heterocycles. The molecular formula is C22H24N4O3. The van der Waals surface area contributed by atoms with E-state index in [2.05, 4.69) is 9.97 Å². The topological polar surface area (TPSA) is 78.6 Å². The van der Waals surface area contributed by atoms with E-state index in [0.29, 0.717) is 34.8 Å². The Morgan fingerprint density at radius 3 is 2.62 bits per heavy atom. The molecule has 0 bridgehead atoms. The van der Waals surface area contributed by atoms with Gasteiger partial charge in [-0.2, -0.15) is 0 Å². The molecule has 0 radical (unpaired) electrons. The summed E-state index contributed by atoms with van der Waals surface area (Å²) in [7, 11) is 1.58. The summed E-state index contributed by atoms with van der Waals surface area (Å²) in [5.41, 5.74) is 3.87. The van der Waals surface area contributed by atoms with Crippen molar-refractivity contribution < 1.29 is 14.3 Å². The van der Waals surface area contributed by atoms with E-state index in [9.17, 15) is 4.79 Å². The standard InChI is InChI=1S/C22H24N4O3/c1-28-22-21-25-19(15-7-9-29-10-8-15)13-26(21)12-16(23-22)11-20(27)18-4-2-3-17(24-18)14-5-6-14/h2-4,12-15H,5-11H2,1H3. The van der Waals surface area contributed by atoms with Gasteiger partial charge in [0.1, 0.15) is 5.69 Å². The minimum absolute atomic E-state index is 0.0360. The molecule has 7 heteroatoms. The van der Waals surface area contributed by atoms with Gasteiger partial charge in [0, 0.05) is 43.1 Å². The number of ketones is 1. The fourth-order valence-corrected chi connectivity index (χ4v) is 3.92. The maximum absolute atomic E-state index is 12.8. The monoisotopic (exact) mass is 392 g/mol. The molecular weight excluding hydrogens is 368 g/mol. The van der Waals surface area contributed by atoms with Crippen molar-refractivity contribution in [3.8, 4) is 5.88 Å². The Labute approximate surface area is 169 Å². The second-order valence-electron chi connectivity index (χ2n) is 7.85. The van der Waals surface area contributed by atoms with Crippen LogP contribution in [0.25, 0.3) is 5.65 Å². The van der Waals surface area contributed by atoms with Crippen LogP contribution in [0.1, 0.15) is 65.1 Å². The van der Waals surface area contributed by atoms with Crippen molar-refractivity contribution in [3.05, 3.63) is 53.4 Å². The molecule has 3 aromatic rings. The molecule has 150 valence electrons. The van der Waals surface area contributed by atoms with Crippen molar-refractivity contribution in [1.82, 2.24) is 19.4 Å². The van der Waals surface area contributed by atoms with Crippen LogP contribution in [-0.4, -0.2) is 45.5 Å². The summed E-state index contributed by atoms with van der Waals surface area (Å²) in [6.45, 7) is 1.53. The number of methoxy groups -OCH3 is 1. The highest BCUT2D eigenvalue weighted by Crippen LogP contribution is 2.38. The van der Waals surface area contributed by atoms with Crippen molar-refractivity contribution in [3.63, 3.8) is 0 Å². The lowest BCUT2D eigenvalue weighted by Gasteiger charge is -2.19. The van der Waals surface area contributed by atoms with Crippen LogP contribution in [-0.2, 0) is 11.2 Å². The first-order valence-electron chi connectivity index (χ1n) is 10.2. The highest BCUT2D eigenvalue weighted by atomic mass is 16.5. The molecule has 0 amide bonds. The Morgan fingerprint density at radius 1 is 1.07 bits per heavy atom. The van der Waals surface area contributed by atoms with Crippen molar-refractivity contribution in [2.75, 3.05) is 20.3 Å². The molecule has 5 rings (SSSR count). The van der Waals surface area contributed by atoms with Crippen LogP contribution < -0.4 is 4.74 Å². The van der Waals surface area contributed by atoms with Crippen molar-refractivity contribution in [1.29, 1.82) is 0 Å². The van der Waals surface area contributed by atoms with Crippen molar-refractivity contribution >= 4 is 11.4 Å². The summed E-state index contributed by atoms with van der Waals surface area (Å²) in [4.78, 5) is 26.7. The van der Waals surface area contributed by atoms with Gasteiger partial charge in [0.25, 0.3) is 5.88 Å². The molecule has 0 spiro atoms. The van der Waals surface area contributed by atoms with E-state index >= 15 is 0 Å². The quantitative estimate of drug-likeness (QED) is 0.599. The number of hydrogen-bond donors (Lipinski definition) is 0. The van der Waals surface area contributed by atoms with E-state index < -0.39 is 0 Å². The number of ether oxygens (including phenoxy) is 2. The number of nitrogens with zero attached hydrogens (tertiary/aromatic N) is 4. The Bertz CT molecular complexity index is 1050. The number of imidazole rings is 1. The van der Waals surface area contributed by atoms with E-state index in [1.54, 1.807) is 13.2 Å². The van der Waals surface area contributed by atoms with E-state index in [4.69, 9.17) is 14.5 Å². The van der Waals surface area contributed by atoms with Crippen molar-refractivity contribution in [2.45, 2.75) is 43.9 Å². The lowest BCUT2D eigenvalue weighted by Crippen LogP contribution is -2.14. The highest BCUT2D eigenvalue weighted by Gasteiger charge is 2.26. The molecule has 29 heavy (non-hydrogen) atoms. The minimum atomic E-state index is -0.0360. The molecule has 0 atom stereocenters. The normalized spacial score (nSPS) is 17.6. The molecule has 1 aliphatic carbocycles. The van der Waals surface area contributed by atoms with Gasteiger partial charge in [-0.25, -0.2) is 15.0 Å². The van der Waals surface area contributed by atoms with Gasteiger partial charge in [-0.1, -0.05) is 6.07 Å². The van der Waals surface area contributed by atoms with E-state index in [-0.39, 0.29) is 12.2 Å². The van der Waals surface area contributed by atoms with Crippen molar-refractivity contribution in [2.24, 2.45) is 0 Å². The summed E-state index contributed by atoms with van der Waals surface area (Å²) in [6.07, 6.45) is 8.33. The average Bonchev–Trinajstić information content (AvgIpc) is 3.53. The molecule has 1 saturated heterocycles. The van der Waals surface area contributed by atoms with Gasteiger partial charge in [0.05, 0.1) is 24.9 Å². The minimum Gasteiger partial charge on any atom is -0.478 e. The number of fused-ring (bicyclic) bond motifs is 1. The van der Waals surface area contributed by atoms with Gasteiger partial charge in [-0.15, -0.1) is 0 Å². The molecule has 2 aliphatic rings. The van der Waals surface area contributed by atoms with Crippen LogP contribution in [0.15, 0.2) is 30.6 Å².